The van der Waals surface area contributed by atoms with Gasteiger partial charge in [0.15, 0.2) is 11.0 Å². The van der Waals surface area contributed by atoms with Gasteiger partial charge >= 0.3 is 0 Å². The Morgan fingerprint density at radius 2 is 1.86 bits per heavy atom. The number of carbonyl (C=O) groups excluding carboxylic acids is 2. The van der Waals surface area contributed by atoms with Crippen LogP contribution in [0, 0.1) is 19.6 Å². The maximum atomic E-state index is 12.9. The predicted molar refractivity (Wildman–Crippen MR) is 152 cm³/mol. The summed E-state index contributed by atoms with van der Waals surface area (Å²) < 4.78 is 2.86. The molecule has 2 N–H and O–H groups in total. The Hall–Kier alpha value is -3.00. The Morgan fingerprint density at radius 1 is 1.14 bits per heavy atom. The van der Waals surface area contributed by atoms with E-state index in [1.807, 2.05) is 26.0 Å². The highest BCUT2D eigenvalue weighted by atomic mass is 127. The lowest BCUT2D eigenvalue weighted by Crippen LogP contribution is -2.33. The molecule has 3 aromatic rings. The van der Waals surface area contributed by atoms with E-state index in [0.29, 0.717) is 11.0 Å². The van der Waals surface area contributed by atoms with Crippen molar-refractivity contribution in [1.82, 2.24) is 20.1 Å². The number of halogens is 1. The van der Waals surface area contributed by atoms with Gasteiger partial charge in [0.1, 0.15) is 0 Å². The summed E-state index contributed by atoms with van der Waals surface area (Å²) in [6.07, 6.45) is 0. The number of benzene rings is 2. The molecule has 1 heterocycles. The van der Waals surface area contributed by atoms with Crippen molar-refractivity contribution in [2.75, 3.05) is 11.1 Å². The molecule has 0 aliphatic carbocycles. The number of hydrogen-bond acceptors (Lipinski definition) is 7. The third-order valence-electron chi connectivity index (χ3n) is 5.66. The summed E-state index contributed by atoms with van der Waals surface area (Å²) in [6.45, 7) is 8.03. The van der Waals surface area contributed by atoms with Crippen molar-refractivity contribution in [3.05, 3.63) is 73.1 Å². The maximum absolute atomic E-state index is 12.9. The Balaban J connectivity index is 1.70. The van der Waals surface area contributed by atoms with E-state index in [1.54, 1.807) is 11.6 Å². The minimum absolute atomic E-state index is 0.0398. The van der Waals surface area contributed by atoms with Gasteiger partial charge in [-0.05, 0) is 64.3 Å². The lowest BCUT2D eigenvalue weighted by Gasteiger charge is -2.21. The van der Waals surface area contributed by atoms with E-state index >= 15 is 0 Å². The quantitative estimate of drug-likeness (QED) is 0.134. The highest BCUT2D eigenvalue weighted by Crippen LogP contribution is 2.28. The van der Waals surface area contributed by atoms with Crippen molar-refractivity contribution in [1.29, 1.82) is 0 Å². The number of nitro groups is 1. The van der Waals surface area contributed by atoms with Gasteiger partial charge in [0.2, 0.25) is 5.91 Å². The van der Waals surface area contributed by atoms with Crippen LogP contribution < -0.4 is 10.6 Å². The molecule has 0 aliphatic rings. The van der Waals surface area contributed by atoms with Crippen LogP contribution in [0.15, 0.2) is 47.6 Å². The molecule has 0 saturated carbocycles. The number of amides is 2. The predicted octanol–water partition coefficient (Wildman–Crippen LogP) is 5.31. The van der Waals surface area contributed by atoms with Crippen LogP contribution in [0.4, 0.5) is 11.4 Å². The van der Waals surface area contributed by atoms with Gasteiger partial charge in [-0.2, -0.15) is 0 Å². The van der Waals surface area contributed by atoms with Gasteiger partial charge in [0, 0.05) is 34.0 Å². The maximum Gasteiger partial charge on any atom is 0.270 e. The number of aromatic nitrogens is 3. The van der Waals surface area contributed by atoms with Crippen LogP contribution in [0.25, 0.3) is 0 Å². The van der Waals surface area contributed by atoms with Gasteiger partial charge in [-0.1, -0.05) is 45.5 Å². The largest absolute Gasteiger partial charge is 0.342 e. The van der Waals surface area contributed by atoms with Crippen molar-refractivity contribution in [2.45, 2.75) is 44.8 Å². The van der Waals surface area contributed by atoms with Gasteiger partial charge in [-0.25, -0.2) is 0 Å². The Bertz CT molecular complexity index is 1310. The van der Waals surface area contributed by atoms with Crippen LogP contribution in [0.3, 0.4) is 0 Å². The average molecular weight is 637 g/mol. The van der Waals surface area contributed by atoms with E-state index in [0.717, 1.165) is 14.8 Å². The first-order chi connectivity index (χ1) is 17.5. The van der Waals surface area contributed by atoms with E-state index in [2.05, 4.69) is 63.3 Å². The molecular formula is C25H29IN6O4S. The molecule has 0 aliphatic heterocycles. The number of nitro benzene ring substituents is 1. The number of thioether (sulfide) groups is 1. The van der Waals surface area contributed by atoms with Gasteiger partial charge in [0.05, 0.1) is 16.7 Å². The first-order valence-electron chi connectivity index (χ1n) is 11.6. The molecule has 0 bridgehead atoms. The molecule has 0 fully saturated rings. The molecule has 0 radical (unpaired) electrons. The summed E-state index contributed by atoms with van der Waals surface area (Å²) in [5.74, 6) is 0.291. The molecule has 0 spiro atoms. The second-order valence-electron chi connectivity index (χ2n) is 9.13. The standard InChI is InChI=1S/C25H29IN6O4S/c1-14(2)19-12-17(26)9-10-20(19)27-21(33)13-37-25-30-29-23(31(25)5)22(15(3)4)28-24(34)16-7-6-8-18(11-16)32(35)36/h6-12,14-15,22H,13H2,1-5H3,(H,27,33)(H,28,34)/t22-/m1/s1. The molecule has 0 saturated heterocycles. The number of nitrogens with one attached hydrogen (secondary N) is 2. The lowest BCUT2D eigenvalue weighted by molar-refractivity contribution is -0.384. The van der Waals surface area contributed by atoms with E-state index in [-0.39, 0.29) is 34.7 Å². The molecule has 2 amide bonds. The number of non-ortho nitro benzene ring substituents is 1. The van der Waals surface area contributed by atoms with Crippen molar-refractivity contribution in [2.24, 2.45) is 13.0 Å². The van der Waals surface area contributed by atoms with Crippen LogP contribution in [0.2, 0.25) is 0 Å². The zero-order chi connectivity index (χ0) is 27.3. The van der Waals surface area contributed by atoms with Crippen LogP contribution >= 0.6 is 34.4 Å². The molecule has 2 aromatic carbocycles. The molecule has 12 heteroatoms. The van der Waals surface area contributed by atoms with Crippen molar-refractivity contribution in [3.8, 4) is 0 Å². The molecular weight excluding hydrogens is 607 g/mol. The van der Waals surface area contributed by atoms with E-state index in [9.17, 15) is 19.7 Å². The third-order valence-corrected chi connectivity index (χ3v) is 7.35. The van der Waals surface area contributed by atoms with Crippen molar-refractivity contribution < 1.29 is 14.5 Å². The Labute approximate surface area is 233 Å². The molecule has 3 rings (SSSR count). The molecule has 0 unspecified atom stereocenters. The Morgan fingerprint density at radius 3 is 2.51 bits per heavy atom. The second-order valence-corrected chi connectivity index (χ2v) is 11.3. The van der Waals surface area contributed by atoms with Gasteiger partial charge in [0.25, 0.3) is 11.6 Å². The normalized spacial score (nSPS) is 12.0. The minimum atomic E-state index is -0.541. The number of hydrogen-bond donors (Lipinski definition) is 2. The van der Waals surface area contributed by atoms with Crippen molar-refractivity contribution in [3.63, 3.8) is 0 Å². The second kappa shape index (κ2) is 12.5. The fraction of sp³-hybridized carbons (Fsp3) is 0.360. The van der Waals surface area contributed by atoms with Crippen LogP contribution in [0.1, 0.15) is 61.4 Å². The number of carbonyl (C=O) groups is 2. The van der Waals surface area contributed by atoms with E-state index in [4.69, 9.17) is 0 Å². The summed E-state index contributed by atoms with van der Waals surface area (Å²) >= 11 is 3.51. The van der Waals surface area contributed by atoms with Gasteiger partial charge in [-0.15, -0.1) is 10.2 Å². The van der Waals surface area contributed by atoms with Crippen molar-refractivity contribution >= 4 is 57.5 Å². The van der Waals surface area contributed by atoms with Gasteiger partial charge < -0.3 is 15.2 Å². The summed E-state index contributed by atoms with van der Waals surface area (Å²) in [5.41, 5.74) is 1.90. The average Bonchev–Trinajstić information content (AvgIpc) is 3.21. The lowest BCUT2D eigenvalue weighted by atomic mass is 10.0. The summed E-state index contributed by atoms with van der Waals surface area (Å²) in [5, 5.41) is 26.0. The summed E-state index contributed by atoms with van der Waals surface area (Å²) in [7, 11) is 1.78. The zero-order valence-corrected chi connectivity index (χ0v) is 24.2. The Kier molecular flexibility index (Phi) is 9.65. The fourth-order valence-corrected chi connectivity index (χ4v) is 4.91. The molecule has 1 atom stereocenters. The molecule has 37 heavy (non-hydrogen) atoms. The fourth-order valence-electron chi connectivity index (χ4n) is 3.68. The minimum Gasteiger partial charge on any atom is -0.342 e. The molecule has 196 valence electrons. The molecule has 1 aromatic heterocycles. The van der Waals surface area contributed by atoms with Crippen LogP contribution in [-0.2, 0) is 11.8 Å². The van der Waals surface area contributed by atoms with E-state index < -0.39 is 16.9 Å². The molecule has 10 nitrogen and oxygen atoms in total. The highest BCUT2D eigenvalue weighted by molar-refractivity contribution is 14.1. The smallest absolute Gasteiger partial charge is 0.270 e. The zero-order valence-electron chi connectivity index (χ0n) is 21.2. The highest BCUT2D eigenvalue weighted by Gasteiger charge is 2.26. The number of nitrogens with zero attached hydrogens (tertiary/aromatic N) is 4. The van der Waals surface area contributed by atoms with Gasteiger partial charge in [-0.3, -0.25) is 19.7 Å². The summed E-state index contributed by atoms with van der Waals surface area (Å²) in [6, 6.07) is 11.0. The van der Waals surface area contributed by atoms with Crippen LogP contribution in [0.5, 0.6) is 0 Å². The first-order valence-corrected chi connectivity index (χ1v) is 13.7. The third kappa shape index (κ3) is 7.28. The monoisotopic (exact) mass is 636 g/mol. The first kappa shape index (κ1) is 28.6. The summed E-state index contributed by atoms with van der Waals surface area (Å²) in [4.78, 5) is 36.1. The van der Waals surface area contributed by atoms with Crippen LogP contribution in [-0.4, -0.2) is 37.3 Å². The number of anilines is 1. The topological polar surface area (TPSA) is 132 Å². The SMILES string of the molecule is CC(C)c1cc(I)ccc1NC(=O)CSc1nnc([C@H](NC(=O)c2cccc([N+](=O)[O-])c2)C(C)C)n1C. The van der Waals surface area contributed by atoms with E-state index in [1.165, 1.54) is 36.0 Å². The number of rotatable bonds is 10.